The molecule has 3 nitrogen and oxygen atoms in total. The molecular formula is C10H9F3N2O. The number of nitrogens with two attached hydrogens (primary N) is 1. The van der Waals surface area contributed by atoms with Crippen LogP contribution in [0.4, 0.5) is 18.9 Å². The average molecular weight is 230 g/mol. The van der Waals surface area contributed by atoms with E-state index in [1.54, 1.807) is 0 Å². The monoisotopic (exact) mass is 230 g/mol. The molecule has 0 aromatic heterocycles. The van der Waals surface area contributed by atoms with E-state index in [-0.39, 0.29) is 12.0 Å². The van der Waals surface area contributed by atoms with Gasteiger partial charge in [0.15, 0.2) is 0 Å². The number of halogens is 3. The molecule has 2 rings (SSSR count). The van der Waals surface area contributed by atoms with Gasteiger partial charge in [-0.1, -0.05) is 6.07 Å². The summed E-state index contributed by atoms with van der Waals surface area (Å²) in [4.78, 5) is 11.4. The molecule has 1 atom stereocenters. The van der Waals surface area contributed by atoms with E-state index in [1.165, 1.54) is 18.2 Å². The summed E-state index contributed by atoms with van der Waals surface area (Å²) in [5.41, 5.74) is 6.42. The second-order valence-corrected chi connectivity index (χ2v) is 3.69. The van der Waals surface area contributed by atoms with Gasteiger partial charge >= 0.3 is 6.18 Å². The van der Waals surface area contributed by atoms with Crippen molar-refractivity contribution in [2.75, 3.05) is 5.73 Å². The molecule has 3 N–H and O–H groups in total. The Morgan fingerprint density at radius 3 is 2.69 bits per heavy atom. The third kappa shape index (κ3) is 1.82. The van der Waals surface area contributed by atoms with E-state index >= 15 is 0 Å². The van der Waals surface area contributed by atoms with Crippen LogP contribution in [-0.4, -0.2) is 18.1 Å². The van der Waals surface area contributed by atoms with Crippen LogP contribution < -0.4 is 11.1 Å². The van der Waals surface area contributed by atoms with E-state index < -0.39 is 18.1 Å². The van der Waals surface area contributed by atoms with Gasteiger partial charge in [-0.05, 0) is 17.7 Å². The van der Waals surface area contributed by atoms with Gasteiger partial charge in [0.1, 0.15) is 6.04 Å². The Labute approximate surface area is 89.4 Å². The lowest BCUT2D eigenvalue weighted by atomic mass is 9.94. The van der Waals surface area contributed by atoms with E-state index in [0.717, 1.165) is 0 Å². The third-order valence-corrected chi connectivity index (χ3v) is 2.50. The fourth-order valence-corrected chi connectivity index (χ4v) is 1.69. The zero-order valence-corrected chi connectivity index (χ0v) is 8.14. The van der Waals surface area contributed by atoms with Crippen molar-refractivity contribution in [3.8, 4) is 0 Å². The Morgan fingerprint density at radius 2 is 2.06 bits per heavy atom. The number of carbonyl (C=O) groups is 1. The molecule has 1 heterocycles. The quantitative estimate of drug-likeness (QED) is 0.663. The Kier molecular flexibility index (Phi) is 2.29. The van der Waals surface area contributed by atoms with Gasteiger partial charge in [-0.2, -0.15) is 13.2 Å². The van der Waals surface area contributed by atoms with Gasteiger partial charge < -0.3 is 11.1 Å². The van der Waals surface area contributed by atoms with Crippen molar-refractivity contribution in [3.05, 3.63) is 29.3 Å². The van der Waals surface area contributed by atoms with Gasteiger partial charge in [0, 0.05) is 17.7 Å². The van der Waals surface area contributed by atoms with Gasteiger partial charge in [0.25, 0.3) is 5.91 Å². The first-order valence-corrected chi connectivity index (χ1v) is 4.64. The number of hydrogen-bond donors (Lipinski definition) is 2. The van der Waals surface area contributed by atoms with E-state index in [9.17, 15) is 18.0 Å². The Bertz CT molecular complexity index is 442. The van der Waals surface area contributed by atoms with E-state index in [1.807, 2.05) is 5.32 Å². The number of carbonyl (C=O) groups excluding carboxylic acids is 1. The molecule has 0 aliphatic carbocycles. The molecule has 1 unspecified atom stereocenters. The number of rotatable bonds is 0. The van der Waals surface area contributed by atoms with Crippen molar-refractivity contribution in [1.82, 2.24) is 5.32 Å². The standard InChI is InChI=1S/C10H9F3N2O/c11-10(12,13)8-3-5-1-2-6(14)4-7(5)9(16)15-8/h1-2,4,8H,3,14H2,(H,15,16). The van der Waals surface area contributed by atoms with Crippen LogP contribution in [0.15, 0.2) is 18.2 Å². The number of fused-ring (bicyclic) bond motifs is 1. The maximum absolute atomic E-state index is 12.4. The summed E-state index contributed by atoms with van der Waals surface area (Å²) in [6.07, 6.45) is -4.67. The van der Waals surface area contributed by atoms with Crippen molar-refractivity contribution in [2.45, 2.75) is 18.6 Å². The number of benzene rings is 1. The smallest absolute Gasteiger partial charge is 0.399 e. The number of alkyl halides is 3. The molecule has 16 heavy (non-hydrogen) atoms. The first-order valence-electron chi connectivity index (χ1n) is 4.64. The molecule has 0 spiro atoms. The predicted octanol–water partition coefficient (Wildman–Crippen LogP) is 1.49. The minimum atomic E-state index is -4.42. The highest BCUT2D eigenvalue weighted by Crippen LogP contribution is 2.28. The van der Waals surface area contributed by atoms with E-state index in [0.29, 0.717) is 11.3 Å². The summed E-state index contributed by atoms with van der Waals surface area (Å²) in [5, 5.41) is 1.92. The topological polar surface area (TPSA) is 55.1 Å². The van der Waals surface area contributed by atoms with Crippen LogP contribution in [0.3, 0.4) is 0 Å². The third-order valence-electron chi connectivity index (χ3n) is 2.50. The first kappa shape index (κ1) is 10.8. The molecule has 6 heteroatoms. The highest BCUT2D eigenvalue weighted by molar-refractivity contribution is 5.97. The van der Waals surface area contributed by atoms with Gasteiger partial charge in [-0.3, -0.25) is 4.79 Å². The molecule has 0 radical (unpaired) electrons. The minimum absolute atomic E-state index is 0.223. The highest BCUT2D eigenvalue weighted by atomic mass is 19.4. The van der Waals surface area contributed by atoms with E-state index in [4.69, 9.17) is 5.73 Å². The number of hydrogen-bond acceptors (Lipinski definition) is 2. The Balaban J connectivity index is 2.38. The second kappa shape index (κ2) is 3.40. The van der Waals surface area contributed by atoms with Crippen molar-refractivity contribution in [3.63, 3.8) is 0 Å². The van der Waals surface area contributed by atoms with Crippen LogP contribution in [0, 0.1) is 0 Å². The highest BCUT2D eigenvalue weighted by Gasteiger charge is 2.43. The molecule has 1 aromatic carbocycles. The van der Waals surface area contributed by atoms with Crippen molar-refractivity contribution < 1.29 is 18.0 Å². The zero-order valence-electron chi connectivity index (χ0n) is 8.14. The SMILES string of the molecule is Nc1ccc2c(c1)C(=O)NC(C(F)(F)F)C2. The summed E-state index contributed by atoms with van der Waals surface area (Å²) < 4.78 is 37.3. The average Bonchev–Trinajstić information content (AvgIpc) is 2.17. The number of anilines is 1. The van der Waals surface area contributed by atoms with Crippen LogP contribution in [0.5, 0.6) is 0 Å². The van der Waals surface area contributed by atoms with Gasteiger partial charge in [-0.25, -0.2) is 0 Å². The fraction of sp³-hybridized carbons (Fsp3) is 0.300. The maximum Gasteiger partial charge on any atom is 0.408 e. The van der Waals surface area contributed by atoms with Gasteiger partial charge in [-0.15, -0.1) is 0 Å². The van der Waals surface area contributed by atoms with Crippen LogP contribution in [0.1, 0.15) is 15.9 Å². The number of nitrogen functional groups attached to an aromatic ring is 1. The summed E-state index contributed by atoms with van der Waals surface area (Å²) in [7, 11) is 0. The summed E-state index contributed by atoms with van der Waals surface area (Å²) in [6, 6.07) is 2.53. The molecule has 86 valence electrons. The zero-order chi connectivity index (χ0) is 11.9. The van der Waals surface area contributed by atoms with Crippen molar-refractivity contribution in [1.29, 1.82) is 0 Å². The fourth-order valence-electron chi connectivity index (χ4n) is 1.69. The van der Waals surface area contributed by atoms with E-state index in [2.05, 4.69) is 0 Å². The summed E-state index contributed by atoms with van der Waals surface area (Å²) in [5.74, 6) is -0.726. The number of nitrogens with one attached hydrogen (secondary N) is 1. The molecule has 0 saturated carbocycles. The van der Waals surface area contributed by atoms with Crippen LogP contribution in [0.25, 0.3) is 0 Å². The largest absolute Gasteiger partial charge is 0.408 e. The van der Waals surface area contributed by atoms with Gasteiger partial charge in [0.05, 0.1) is 0 Å². The first-order chi connectivity index (χ1) is 7.38. The van der Waals surface area contributed by atoms with Crippen LogP contribution >= 0.6 is 0 Å². The molecule has 1 aliphatic heterocycles. The molecule has 0 saturated heterocycles. The lowest BCUT2D eigenvalue weighted by Crippen LogP contribution is -2.50. The molecule has 1 aromatic rings. The predicted molar refractivity (Wildman–Crippen MR) is 51.9 cm³/mol. The molecule has 0 bridgehead atoms. The Morgan fingerprint density at radius 1 is 1.38 bits per heavy atom. The van der Waals surface area contributed by atoms with Crippen LogP contribution in [-0.2, 0) is 6.42 Å². The molecule has 1 amide bonds. The minimum Gasteiger partial charge on any atom is -0.399 e. The summed E-state index contributed by atoms with van der Waals surface area (Å²) >= 11 is 0. The lowest BCUT2D eigenvalue weighted by molar-refractivity contribution is -0.153. The molecule has 1 aliphatic rings. The second-order valence-electron chi connectivity index (χ2n) is 3.69. The lowest BCUT2D eigenvalue weighted by Gasteiger charge is -2.27. The van der Waals surface area contributed by atoms with Crippen molar-refractivity contribution in [2.24, 2.45) is 0 Å². The number of amides is 1. The summed E-state index contributed by atoms with van der Waals surface area (Å²) in [6.45, 7) is 0. The normalized spacial score (nSPS) is 20.2. The van der Waals surface area contributed by atoms with Crippen molar-refractivity contribution >= 4 is 11.6 Å². The Hall–Kier alpha value is -1.72. The molecule has 0 fully saturated rings. The molecular weight excluding hydrogens is 221 g/mol. The van der Waals surface area contributed by atoms with Gasteiger partial charge in [0.2, 0.25) is 0 Å². The maximum atomic E-state index is 12.4. The van der Waals surface area contributed by atoms with Crippen LogP contribution in [0.2, 0.25) is 0 Å².